The summed E-state index contributed by atoms with van der Waals surface area (Å²) in [5.74, 6) is -0.145. The minimum Gasteiger partial charge on any atom is -0.339 e. The SMILES string of the molecule is Cc1cc2cc(CC(=O)Nc3cccc(C(=O)N4CCCC4)c3)ccc2[nH]c1=O. The Hall–Kier alpha value is -3.41. The van der Waals surface area contributed by atoms with Gasteiger partial charge in [-0.25, -0.2) is 0 Å². The first-order chi connectivity index (χ1) is 14.0. The number of hydrogen-bond donors (Lipinski definition) is 2. The highest BCUT2D eigenvalue weighted by molar-refractivity contribution is 5.98. The lowest BCUT2D eigenvalue weighted by atomic mass is 10.1. The largest absolute Gasteiger partial charge is 0.339 e. The van der Waals surface area contributed by atoms with E-state index in [-0.39, 0.29) is 23.8 Å². The number of H-pyrrole nitrogens is 1. The number of nitrogens with one attached hydrogen (secondary N) is 2. The smallest absolute Gasteiger partial charge is 0.253 e. The molecule has 6 nitrogen and oxygen atoms in total. The molecule has 148 valence electrons. The van der Waals surface area contributed by atoms with Gasteiger partial charge in [0.2, 0.25) is 5.91 Å². The van der Waals surface area contributed by atoms with Gasteiger partial charge in [-0.2, -0.15) is 0 Å². The number of likely N-dealkylation sites (tertiary alicyclic amines) is 1. The van der Waals surface area contributed by atoms with Crippen LogP contribution in [0.3, 0.4) is 0 Å². The van der Waals surface area contributed by atoms with Gasteiger partial charge >= 0.3 is 0 Å². The van der Waals surface area contributed by atoms with Crippen LogP contribution in [0.4, 0.5) is 5.69 Å². The molecule has 2 heterocycles. The molecule has 2 amide bonds. The average Bonchev–Trinajstić information content (AvgIpc) is 3.23. The van der Waals surface area contributed by atoms with Crippen LogP contribution >= 0.6 is 0 Å². The lowest BCUT2D eigenvalue weighted by Gasteiger charge is -2.15. The van der Waals surface area contributed by atoms with E-state index in [1.54, 1.807) is 31.2 Å². The van der Waals surface area contributed by atoms with Crippen molar-refractivity contribution < 1.29 is 9.59 Å². The number of rotatable bonds is 4. The third kappa shape index (κ3) is 4.21. The molecule has 29 heavy (non-hydrogen) atoms. The number of aromatic nitrogens is 1. The summed E-state index contributed by atoms with van der Waals surface area (Å²) in [7, 11) is 0. The van der Waals surface area contributed by atoms with Crippen molar-refractivity contribution in [2.45, 2.75) is 26.2 Å². The number of aromatic amines is 1. The summed E-state index contributed by atoms with van der Waals surface area (Å²) in [6, 6.07) is 14.5. The molecule has 0 bridgehead atoms. The van der Waals surface area contributed by atoms with Crippen molar-refractivity contribution >= 4 is 28.4 Å². The van der Waals surface area contributed by atoms with Gasteiger partial charge in [0.15, 0.2) is 0 Å². The molecule has 1 aliphatic rings. The molecule has 4 rings (SSSR count). The van der Waals surface area contributed by atoms with E-state index in [9.17, 15) is 14.4 Å². The third-order valence-corrected chi connectivity index (χ3v) is 5.25. The van der Waals surface area contributed by atoms with Gasteiger partial charge in [-0.3, -0.25) is 14.4 Å². The van der Waals surface area contributed by atoms with E-state index in [2.05, 4.69) is 10.3 Å². The van der Waals surface area contributed by atoms with E-state index in [1.807, 2.05) is 29.2 Å². The Kier molecular flexibility index (Phi) is 5.16. The zero-order chi connectivity index (χ0) is 20.4. The van der Waals surface area contributed by atoms with Crippen LogP contribution in [0.1, 0.15) is 34.3 Å². The van der Waals surface area contributed by atoms with Gasteiger partial charge in [-0.15, -0.1) is 0 Å². The number of hydrogen-bond acceptors (Lipinski definition) is 3. The minimum absolute atomic E-state index is 0.0116. The van der Waals surface area contributed by atoms with E-state index in [0.29, 0.717) is 16.8 Å². The van der Waals surface area contributed by atoms with Crippen LogP contribution in [0.15, 0.2) is 53.3 Å². The van der Waals surface area contributed by atoms with Crippen molar-refractivity contribution in [2.24, 2.45) is 0 Å². The second kappa shape index (κ2) is 7.91. The Morgan fingerprint density at radius 1 is 1.07 bits per heavy atom. The number of fused-ring (bicyclic) bond motifs is 1. The molecule has 0 unspecified atom stereocenters. The molecule has 2 N–H and O–H groups in total. The summed E-state index contributed by atoms with van der Waals surface area (Å²) >= 11 is 0. The summed E-state index contributed by atoms with van der Waals surface area (Å²) in [5.41, 5.74) is 3.34. The standard InChI is InChI=1S/C23H23N3O3/c1-15-11-18-12-16(7-8-20(18)25-22(15)28)13-21(27)24-19-6-4-5-17(14-19)23(29)26-9-2-3-10-26/h4-8,11-12,14H,2-3,9-10,13H2,1H3,(H,24,27)(H,25,28). The third-order valence-electron chi connectivity index (χ3n) is 5.25. The summed E-state index contributed by atoms with van der Waals surface area (Å²) in [6.07, 6.45) is 2.29. The maximum absolute atomic E-state index is 12.5. The van der Waals surface area contributed by atoms with Crippen molar-refractivity contribution in [1.29, 1.82) is 0 Å². The summed E-state index contributed by atoms with van der Waals surface area (Å²) < 4.78 is 0. The van der Waals surface area contributed by atoms with Crippen LogP contribution in [0.2, 0.25) is 0 Å². The van der Waals surface area contributed by atoms with Gasteiger partial charge in [0, 0.05) is 35.4 Å². The maximum Gasteiger partial charge on any atom is 0.253 e. The second-order valence-electron chi connectivity index (χ2n) is 7.51. The van der Waals surface area contributed by atoms with Gasteiger partial charge in [0.05, 0.1) is 6.42 Å². The molecular weight excluding hydrogens is 366 g/mol. The molecule has 2 aromatic carbocycles. The molecule has 0 aliphatic carbocycles. The van der Waals surface area contributed by atoms with E-state index in [4.69, 9.17) is 0 Å². The number of benzene rings is 2. The van der Waals surface area contributed by atoms with Gasteiger partial charge in [0.1, 0.15) is 0 Å². The molecule has 1 aromatic heterocycles. The number of anilines is 1. The Bertz CT molecular complexity index is 1140. The van der Waals surface area contributed by atoms with Crippen molar-refractivity contribution in [1.82, 2.24) is 9.88 Å². The van der Waals surface area contributed by atoms with Crippen molar-refractivity contribution in [3.8, 4) is 0 Å². The highest BCUT2D eigenvalue weighted by Gasteiger charge is 2.19. The Labute approximate surface area is 168 Å². The predicted molar refractivity (Wildman–Crippen MR) is 113 cm³/mol. The van der Waals surface area contributed by atoms with Crippen LogP contribution in [0, 0.1) is 6.92 Å². The Morgan fingerprint density at radius 3 is 2.66 bits per heavy atom. The van der Waals surface area contributed by atoms with Crippen molar-refractivity contribution in [2.75, 3.05) is 18.4 Å². The fourth-order valence-electron chi connectivity index (χ4n) is 3.70. The average molecular weight is 389 g/mol. The normalized spacial score (nSPS) is 13.6. The van der Waals surface area contributed by atoms with Crippen LogP contribution in [0.25, 0.3) is 10.9 Å². The molecule has 3 aromatic rings. The molecule has 0 spiro atoms. The van der Waals surface area contributed by atoms with Crippen LogP contribution in [-0.2, 0) is 11.2 Å². The van der Waals surface area contributed by atoms with Gasteiger partial charge in [0.25, 0.3) is 11.5 Å². The number of carbonyl (C=O) groups is 2. The number of pyridine rings is 1. The summed E-state index contributed by atoms with van der Waals surface area (Å²) in [4.78, 5) is 41.4. The Balaban J connectivity index is 1.46. The van der Waals surface area contributed by atoms with E-state index in [0.717, 1.165) is 42.4 Å². The highest BCUT2D eigenvalue weighted by atomic mass is 16.2. The number of aryl methyl sites for hydroxylation is 1. The molecule has 1 fully saturated rings. The molecule has 1 saturated heterocycles. The topological polar surface area (TPSA) is 82.3 Å². The molecule has 0 radical (unpaired) electrons. The molecule has 0 saturated carbocycles. The number of nitrogens with zero attached hydrogens (tertiary/aromatic N) is 1. The lowest BCUT2D eigenvalue weighted by Crippen LogP contribution is -2.27. The summed E-state index contributed by atoms with van der Waals surface area (Å²) in [6.45, 7) is 3.35. The van der Waals surface area contributed by atoms with Gasteiger partial charge < -0.3 is 15.2 Å². The minimum atomic E-state index is -0.156. The fraction of sp³-hybridized carbons (Fsp3) is 0.261. The highest BCUT2D eigenvalue weighted by Crippen LogP contribution is 2.18. The zero-order valence-electron chi connectivity index (χ0n) is 16.3. The molecular formula is C23H23N3O3. The first-order valence-corrected chi connectivity index (χ1v) is 9.81. The monoisotopic (exact) mass is 389 g/mol. The summed E-state index contributed by atoms with van der Waals surface area (Å²) in [5, 5.41) is 3.77. The predicted octanol–water partition coefficient (Wildman–Crippen LogP) is 3.25. The van der Waals surface area contributed by atoms with Gasteiger partial charge in [-0.1, -0.05) is 12.1 Å². The number of carbonyl (C=O) groups excluding carboxylic acids is 2. The van der Waals surface area contributed by atoms with Crippen LogP contribution < -0.4 is 10.9 Å². The molecule has 1 aliphatic heterocycles. The van der Waals surface area contributed by atoms with E-state index >= 15 is 0 Å². The first-order valence-electron chi connectivity index (χ1n) is 9.81. The van der Waals surface area contributed by atoms with E-state index in [1.165, 1.54) is 0 Å². The Morgan fingerprint density at radius 2 is 1.86 bits per heavy atom. The van der Waals surface area contributed by atoms with Crippen molar-refractivity contribution in [3.05, 3.63) is 75.6 Å². The fourth-order valence-corrected chi connectivity index (χ4v) is 3.70. The second-order valence-corrected chi connectivity index (χ2v) is 7.51. The maximum atomic E-state index is 12.5. The molecule has 6 heteroatoms. The van der Waals surface area contributed by atoms with Crippen LogP contribution in [-0.4, -0.2) is 34.8 Å². The van der Waals surface area contributed by atoms with E-state index < -0.39 is 0 Å². The first kappa shape index (κ1) is 18.9. The lowest BCUT2D eigenvalue weighted by molar-refractivity contribution is -0.115. The quantitative estimate of drug-likeness (QED) is 0.719. The van der Waals surface area contributed by atoms with Gasteiger partial charge in [-0.05, 0) is 67.1 Å². The van der Waals surface area contributed by atoms with Crippen molar-refractivity contribution in [3.63, 3.8) is 0 Å². The number of amides is 2. The van der Waals surface area contributed by atoms with Crippen LogP contribution in [0.5, 0.6) is 0 Å². The zero-order valence-corrected chi connectivity index (χ0v) is 16.3. The molecule has 0 atom stereocenters.